The maximum atomic E-state index is 13.6. The number of hydrogen-bond acceptors (Lipinski definition) is 3. The van der Waals surface area contributed by atoms with Gasteiger partial charge in [0.1, 0.15) is 6.04 Å². The predicted octanol–water partition coefficient (Wildman–Crippen LogP) is 4.93. The monoisotopic (exact) mass is 446 g/mol. The molecule has 1 aliphatic rings. The van der Waals surface area contributed by atoms with E-state index in [-0.39, 0.29) is 24.8 Å². The zero-order valence-corrected chi connectivity index (χ0v) is 18.7. The normalized spacial score (nSPS) is 15.8. The van der Waals surface area contributed by atoms with Crippen LogP contribution < -0.4 is 4.90 Å². The van der Waals surface area contributed by atoms with E-state index in [0.29, 0.717) is 21.8 Å². The van der Waals surface area contributed by atoms with Gasteiger partial charge in [0.25, 0.3) is 11.8 Å². The fraction of sp³-hybridized carbons (Fsp3) is 0.192. The number of hydrogen-bond donors (Lipinski definition) is 0. The van der Waals surface area contributed by atoms with Crippen molar-refractivity contribution in [2.45, 2.75) is 32.9 Å². The van der Waals surface area contributed by atoms with Crippen molar-refractivity contribution in [3.05, 3.63) is 100 Å². The van der Waals surface area contributed by atoms with E-state index in [0.717, 1.165) is 11.1 Å². The summed E-state index contributed by atoms with van der Waals surface area (Å²) in [5.41, 5.74) is 3.54. The summed E-state index contributed by atoms with van der Waals surface area (Å²) in [6, 6.07) is 20.7. The van der Waals surface area contributed by atoms with Gasteiger partial charge >= 0.3 is 0 Å². The minimum Gasteiger partial charge on any atom is -0.322 e. The van der Waals surface area contributed by atoms with Gasteiger partial charge in [-0.3, -0.25) is 14.4 Å². The van der Waals surface area contributed by atoms with E-state index in [1.165, 1.54) is 9.80 Å². The van der Waals surface area contributed by atoms with Crippen LogP contribution in [0.25, 0.3) is 0 Å². The first kappa shape index (κ1) is 21.8. The van der Waals surface area contributed by atoms with E-state index in [1.54, 1.807) is 30.3 Å². The molecule has 1 heterocycles. The standard InChI is InChI=1S/C26H23ClN2O3/c1-17-11-13-20(14-12-17)29-24(30)15-23(26(29)32)28(16-19-8-4-6-10-22(19)27)25(31)21-9-5-3-7-18(21)2/h3-14,23H,15-16H2,1-2H3. The zero-order valence-electron chi connectivity index (χ0n) is 17.9. The maximum absolute atomic E-state index is 13.6. The van der Waals surface area contributed by atoms with E-state index < -0.39 is 11.9 Å². The summed E-state index contributed by atoms with van der Waals surface area (Å²) in [7, 11) is 0. The highest BCUT2D eigenvalue weighted by atomic mass is 35.5. The van der Waals surface area contributed by atoms with Crippen molar-refractivity contribution in [1.29, 1.82) is 0 Å². The Balaban J connectivity index is 1.72. The summed E-state index contributed by atoms with van der Waals surface area (Å²) in [6.07, 6.45) is -0.0746. The van der Waals surface area contributed by atoms with Gasteiger partial charge in [-0.25, -0.2) is 4.90 Å². The van der Waals surface area contributed by atoms with Gasteiger partial charge in [0, 0.05) is 17.1 Å². The number of carbonyl (C=O) groups is 3. The molecule has 1 fully saturated rings. The fourth-order valence-corrected chi connectivity index (χ4v) is 4.12. The number of imide groups is 1. The first-order valence-electron chi connectivity index (χ1n) is 10.4. The Labute approximate surface area is 192 Å². The number of benzene rings is 3. The van der Waals surface area contributed by atoms with Crippen molar-refractivity contribution in [1.82, 2.24) is 4.90 Å². The minimum absolute atomic E-state index is 0.0746. The number of carbonyl (C=O) groups excluding carboxylic acids is 3. The number of anilines is 1. The summed E-state index contributed by atoms with van der Waals surface area (Å²) < 4.78 is 0. The molecule has 1 atom stereocenters. The molecule has 4 rings (SSSR count). The van der Waals surface area contributed by atoms with Crippen LogP contribution in [0.4, 0.5) is 5.69 Å². The highest BCUT2D eigenvalue weighted by molar-refractivity contribution is 6.31. The molecular weight excluding hydrogens is 424 g/mol. The lowest BCUT2D eigenvalue weighted by molar-refractivity contribution is -0.122. The van der Waals surface area contributed by atoms with E-state index >= 15 is 0 Å². The molecule has 1 saturated heterocycles. The first-order chi connectivity index (χ1) is 15.4. The maximum Gasteiger partial charge on any atom is 0.257 e. The molecule has 0 bridgehead atoms. The quantitative estimate of drug-likeness (QED) is 0.522. The number of halogens is 1. The van der Waals surface area contributed by atoms with E-state index in [1.807, 2.05) is 56.3 Å². The Hall–Kier alpha value is -3.44. The Kier molecular flexibility index (Phi) is 6.10. The number of rotatable bonds is 5. The summed E-state index contributed by atoms with van der Waals surface area (Å²) in [6.45, 7) is 3.91. The SMILES string of the molecule is Cc1ccc(N2C(=O)CC(N(Cc3ccccc3Cl)C(=O)c3ccccc3C)C2=O)cc1. The molecule has 0 N–H and O–H groups in total. The van der Waals surface area contributed by atoms with Crippen molar-refractivity contribution in [3.8, 4) is 0 Å². The molecule has 6 heteroatoms. The number of amides is 3. The molecule has 0 spiro atoms. The smallest absolute Gasteiger partial charge is 0.257 e. The van der Waals surface area contributed by atoms with Crippen LogP contribution in [0.1, 0.15) is 33.5 Å². The summed E-state index contributed by atoms with van der Waals surface area (Å²) in [5, 5.41) is 0.502. The van der Waals surface area contributed by atoms with Gasteiger partial charge in [-0.05, 0) is 49.2 Å². The van der Waals surface area contributed by atoms with Crippen LogP contribution in [0.2, 0.25) is 5.02 Å². The van der Waals surface area contributed by atoms with E-state index in [2.05, 4.69) is 0 Å². The number of aryl methyl sites for hydroxylation is 2. The Morgan fingerprint density at radius 3 is 2.31 bits per heavy atom. The molecule has 0 saturated carbocycles. The van der Waals surface area contributed by atoms with Crippen LogP contribution in [0.3, 0.4) is 0 Å². The van der Waals surface area contributed by atoms with Crippen LogP contribution in [-0.4, -0.2) is 28.7 Å². The lowest BCUT2D eigenvalue weighted by Gasteiger charge is -2.28. The van der Waals surface area contributed by atoms with Crippen LogP contribution in [0.5, 0.6) is 0 Å². The molecule has 3 amide bonds. The molecule has 162 valence electrons. The minimum atomic E-state index is -0.910. The molecule has 5 nitrogen and oxygen atoms in total. The lowest BCUT2D eigenvalue weighted by Crippen LogP contribution is -2.45. The van der Waals surface area contributed by atoms with Gasteiger partial charge in [0.2, 0.25) is 5.91 Å². The average Bonchev–Trinajstić information content (AvgIpc) is 3.07. The van der Waals surface area contributed by atoms with Crippen molar-refractivity contribution in [2.75, 3.05) is 4.90 Å². The summed E-state index contributed by atoms with van der Waals surface area (Å²) >= 11 is 6.36. The molecule has 32 heavy (non-hydrogen) atoms. The predicted molar refractivity (Wildman–Crippen MR) is 125 cm³/mol. The molecule has 1 aliphatic heterocycles. The summed E-state index contributed by atoms with van der Waals surface area (Å²) in [5.74, 6) is -1.04. The third-order valence-electron chi connectivity index (χ3n) is 5.73. The van der Waals surface area contributed by atoms with Gasteiger partial charge in [-0.2, -0.15) is 0 Å². The van der Waals surface area contributed by atoms with Gasteiger partial charge in [0.05, 0.1) is 12.1 Å². The molecule has 0 aromatic heterocycles. The van der Waals surface area contributed by atoms with Crippen molar-refractivity contribution < 1.29 is 14.4 Å². The molecule has 3 aromatic rings. The second kappa shape index (κ2) is 8.97. The second-order valence-corrected chi connectivity index (χ2v) is 8.37. The van der Waals surface area contributed by atoms with Gasteiger partial charge < -0.3 is 4.90 Å². The largest absolute Gasteiger partial charge is 0.322 e. The first-order valence-corrected chi connectivity index (χ1v) is 10.8. The topological polar surface area (TPSA) is 57.7 Å². The van der Waals surface area contributed by atoms with Crippen LogP contribution in [0.15, 0.2) is 72.8 Å². The van der Waals surface area contributed by atoms with Gasteiger partial charge in [-0.1, -0.05) is 65.7 Å². The Morgan fingerprint density at radius 2 is 1.62 bits per heavy atom. The van der Waals surface area contributed by atoms with Crippen LogP contribution >= 0.6 is 11.6 Å². The molecule has 0 aliphatic carbocycles. The zero-order chi connectivity index (χ0) is 22.8. The van der Waals surface area contributed by atoms with Gasteiger partial charge in [-0.15, -0.1) is 0 Å². The third-order valence-corrected chi connectivity index (χ3v) is 6.09. The van der Waals surface area contributed by atoms with Gasteiger partial charge in [0.15, 0.2) is 0 Å². The highest BCUT2D eigenvalue weighted by Gasteiger charge is 2.44. The van der Waals surface area contributed by atoms with Crippen molar-refractivity contribution in [2.24, 2.45) is 0 Å². The molecule has 0 radical (unpaired) electrons. The third kappa shape index (κ3) is 4.16. The molecule has 3 aromatic carbocycles. The second-order valence-electron chi connectivity index (χ2n) is 7.96. The van der Waals surface area contributed by atoms with Crippen LogP contribution in [-0.2, 0) is 16.1 Å². The summed E-state index contributed by atoms with van der Waals surface area (Å²) in [4.78, 5) is 42.5. The molecule has 1 unspecified atom stereocenters. The van der Waals surface area contributed by atoms with Crippen molar-refractivity contribution >= 4 is 35.0 Å². The van der Waals surface area contributed by atoms with E-state index in [9.17, 15) is 14.4 Å². The highest BCUT2D eigenvalue weighted by Crippen LogP contribution is 2.29. The van der Waals surface area contributed by atoms with Crippen molar-refractivity contribution in [3.63, 3.8) is 0 Å². The van der Waals surface area contributed by atoms with E-state index in [4.69, 9.17) is 11.6 Å². The average molecular weight is 447 g/mol. The number of nitrogens with zero attached hydrogens (tertiary/aromatic N) is 2. The lowest BCUT2D eigenvalue weighted by atomic mass is 10.0. The Morgan fingerprint density at radius 1 is 0.969 bits per heavy atom. The molecular formula is C26H23ClN2O3. The van der Waals surface area contributed by atoms with Crippen LogP contribution in [0, 0.1) is 13.8 Å². The Bertz CT molecular complexity index is 1190. The fourth-order valence-electron chi connectivity index (χ4n) is 3.93.